The molecule has 1 heterocycles. The molecule has 1 N–H and O–H groups in total. The van der Waals surface area contributed by atoms with Gasteiger partial charge in [0.15, 0.2) is 0 Å². The highest BCUT2D eigenvalue weighted by Gasteiger charge is 2.23. The Hall–Kier alpha value is -1.53. The first-order chi connectivity index (χ1) is 10.6. The van der Waals surface area contributed by atoms with Gasteiger partial charge in [0.25, 0.3) is 0 Å². The van der Waals surface area contributed by atoms with Crippen LogP contribution in [0, 0.1) is 11.6 Å². The second-order valence-electron chi connectivity index (χ2n) is 5.44. The van der Waals surface area contributed by atoms with E-state index < -0.39 is 11.6 Å². The van der Waals surface area contributed by atoms with E-state index >= 15 is 0 Å². The maximum atomic E-state index is 13.6. The van der Waals surface area contributed by atoms with Crippen LogP contribution < -0.4 is 0 Å². The maximum absolute atomic E-state index is 13.6. The van der Waals surface area contributed by atoms with Gasteiger partial charge in [-0.25, -0.2) is 8.78 Å². The molecule has 4 nitrogen and oxygen atoms in total. The number of piperidine rings is 1. The number of carbonyl (C=O) groups is 1. The Labute approximate surface area is 128 Å². The van der Waals surface area contributed by atoms with Gasteiger partial charge in [-0.2, -0.15) is 0 Å². The number of ether oxygens (including phenoxy) is 1. The Bertz CT molecular complexity index is 502. The van der Waals surface area contributed by atoms with Crippen molar-refractivity contribution in [3.05, 3.63) is 35.4 Å². The molecule has 0 bridgehead atoms. The largest absolute Gasteiger partial charge is 0.396 e. The molecule has 1 aliphatic rings. The molecule has 1 aromatic carbocycles. The molecule has 0 unspecified atom stereocenters. The van der Waals surface area contributed by atoms with Crippen LogP contribution in [0.25, 0.3) is 0 Å². The van der Waals surface area contributed by atoms with Crippen molar-refractivity contribution in [3.63, 3.8) is 0 Å². The monoisotopic (exact) mass is 313 g/mol. The SMILES string of the molecule is O=C(Cc1ccc(F)cc1F)N1CCC(OCCCO)CC1. The summed E-state index contributed by atoms with van der Waals surface area (Å²) in [5.74, 6) is -1.48. The zero-order valence-corrected chi connectivity index (χ0v) is 12.4. The average Bonchev–Trinajstić information content (AvgIpc) is 2.51. The maximum Gasteiger partial charge on any atom is 0.227 e. The molecule has 0 spiro atoms. The number of carbonyl (C=O) groups excluding carboxylic acids is 1. The molecule has 1 aromatic rings. The fraction of sp³-hybridized carbons (Fsp3) is 0.562. The van der Waals surface area contributed by atoms with Gasteiger partial charge in [-0.05, 0) is 30.9 Å². The van der Waals surface area contributed by atoms with E-state index in [0.717, 1.165) is 25.0 Å². The summed E-state index contributed by atoms with van der Waals surface area (Å²) in [6.07, 6.45) is 2.15. The van der Waals surface area contributed by atoms with Gasteiger partial charge >= 0.3 is 0 Å². The molecule has 0 saturated carbocycles. The predicted molar refractivity (Wildman–Crippen MR) is 77.3 cm³/mol. The third-order valence-electron chi connectivity index (χ3n) is 3.81. The minimum Gasteiger partial charge on any atom is -0.396 e. The predicted octanol–water partition coefficient (Wildman–Crippen LogP) is 1.90. The van der Waals surface area contributed by atoms with E-state index in [1.54, 1.807) is 4.90 Å². The average molecular weight is 313 g/mol. The molecule has 6 heteroatoms. The molecular weight excluding hydrogens is 292 g/mol. The van der Waals surface area contributed by atoms with Gasteiger partial charge < -0.3 is 14.7 Å². The Balaban J connectivity index is 1.80. The summed E-state index contributed by atoms with van der Waals surface area (Å²) in [6, 6.07) is 3.27. The molecule has 22 heavy (non-hydrogen) atoms. The number of amides is 1. The lowest BCUT2D eigenvalue weighted by atomic mass is 10.1. The van der Waals surface area contributed by atoms with Gasteiger partial charge in [0, 0.05) is 32.4 Å². The van der Waals surface area contributed by atoms with E-state index in [9.17, 15) is 13.6 Å². The van der Waals surface area contributed by atoms with E-state index in [2.05, 4.69) is 0 Å². The van der Waals surface area contributed by atoms with Crippen LogP contribution in [-0.4, -0.2) is 48.3 Å². The first-order valence-corrected chi connectivity index (χ1v) is 7.54. The minimum absolute atomic E-state index is 0.0534. The van der Waals surface area contributed by atoms with Crippen molar-refractivity contribution in [1.82, 2.24) is 4.90 Å². The van der Waals surface area contributed by atoms with E-state index in [4.69, 9.17) is 9.84 Å². The van der Waals surface area contributed by atoms with Crippen molar-refractivity contribution < 1.29 is 23.4 Å². The number of aliphatic hydroxyl groups is 1. The number of nitrogens with zero attached hydrogens (tertiary/aromatic N) is 1. The van der Waals surface area contributed by atoms with Gasteiger partial charge in [0.1, 0.15) is 11.6 Å². The number of hydrogen-bond donors (Lipinski definition) is 1. The minimum atomic E-state index is -0.685. The second-order valence-corrected chi connectivity index (χ2v) is 5.44. The molecule has 1 fully saturated rings. The lowest BCUT2D eigenvalue weighted by Crippen LogP contribution is -2.41. The van der Waals surface area contributed by atoms with Crippen molar-refractivity contribution in [3.8, 4) is 0 Å². The van der Waals surface area contributed by atoms with Crippen LogP contribution in [-0.2, 0) is 16.0 Å². The zero-order valence-electron chi connectivity index (χ0n) is 12.4. The van der Waals surface area contributed by atoms with Crippen LogP contribution >= 0.6 is 0 Å². The third-order valence-corrected chi connectivity index (χ3v) is 3.81. The normalized spacial score (nSPS) is 16.0. The van der Waals surface area contributed by atoms with Gasteiger partial charge in [-0.15, -0.1) is 0 Å². The first kappa shape index (κ1) is 16.8. The summed E-state index contributed by atoms with van der Waals surface area (Å²) in [4.78, 5) is 13.9. The Morgan fingerprint density at radius 3 is 2.68 bits per heavy atom. The van der Waals surface area contributed by atoms with Crippen molar-refractivity contribution in [1.29, 1.82) is 0 Å². The molecular formula is C16H21F2NO3. The summed E-state index contributed by atoms with van der Waals surface area (Å²) >= 11 is 0. The van der Waals surface area contributed by atoms with Crippen molar-refractivity contribution in [2.24, 2.45) is 0 Å². The topological polar surface area (TPSA) is 49.8 Å². The molecule has 0 aliphatic carbocycles. The molecule has 1 amide bonds. The molecule has 0 atom stereocenters. The zero-order chi connectivity index (χ0) is 15.9. The third kappa shape index (κ3) is 4.74. The lowest BCUT2D eigenvalue weighted by Gasteiger charge is -2.32. The highest BCUT2D eigenvalue weighted by atomic mass is 19.1. The van der Waals surface area contributed by atoms with Crippen LogP contribution in [0.1, 0.15) is 24.8 Å². The fourth-order valence-electron chi connectivity index (χ4n) is 2.53. The molecule has 0 radical (unpaired) electrons. The smallest absolute Gasteiger partial charge is 0.227 e. The summed E-state index contributed by atoms with van der Waals surface area (Å²) < 4.78 is 32.0. The molecule has 1 aliphatic heterocycles. The van der Waals surface area contributed by atoms with Crippen LogP contribution in [0.15, 0.2) is 18.2 Å². The van der Waals surface area contributed by atoms with Crippen molar-refractivity contribution in [2.75, 3.05) is 26.3 Å². The number of likely N-dealkylation sites (tertiary alicyclic amines) is 1. The number of halogens is 2. The van der Waals surface area contributed by atoms with E-state index in [1.165, 1.54) is 6.07 Å². The van der Waals surface area contributed by atoms with Crippen LogP contribution in [0.5, 0.6) is 0 Å². The summed E-state index contributed by atoms with van der Waals surface area (Å²) in [6.45, 7) is 1.79. The summed E-state index contributed by atoms with van der Waals surface area (Å²) in [5, 5.41) is 8.70. The summed E-state index contributed by atoms with van der Waals surface area (Å²) in [7, 11) is 0. The second kappa shape index (κ2) is 8.19. The highest BCUT2D eigenvalue weighted by molar-refractivity contribution is 5.78. The highest BCUT2D eigenvalue weighted by Crippen LogP contribution is 2.17. The fourth-order valence-corrected chi connectivity index (χ4v) is 2.53. The van der Waals surface area contributed by atoms with Crippen LogP contribution in [0.3, 0.4) is 0 Å². The standard InChI is InChI=1S/C16H21F2NO3/c17-13-3-2-12(15(18)11-13)10-16(21)19-6-4-14(5-7-19)22-9-1-8-20/h2-3,11,14,20H,1,4-10H2. The number of aliphatic hydroxyl groups excluding tert-OH is 1. The van der Waals surface area contributed by atoms with Gasteiger partial charge in [0.2, 0.25) is 5.91 Å². The number of hydrogen-bond acceptors (Lipinski definition) is 3. The van der Waals surface area contributed by atoms with Gasteiger partial charge in [-0.3, -0.25) is 4.79 Å². The van der Waals surface area contributed by atoms with E-state index in [0.29, 0.717) is 26.1 Å². The number of rotatable bonds is 6. The molecule has 2 rings (SSSR count). The van der Waals surface area contributed by atoms with E-state index in [1.807, 2.05) is 0 Å². The summed E-state index contributed by atoms with van der Waals surface area (Å²) in [5.41, 5.74) is 0.215. The first-order valence-electron chi connectivity index (χ1n) is 7.54. The lowest BCUT2D eigenvalue weighted by molar-refractivity contribution is -0.133. The van der Waals surface area contributed by atoms with Gasteiger partial charge in [0.05, 0.1) is 12.5 Å². The Morgan fingerprint density at radius 2 is 2.05 bits per heavy atom. The molecule has 1 saturated heterocycles. The van der Waals surface area contributed by atoms with E-state index in [-0.39, 0.29) is 30.6 Å². The number of benzene rings is 1. The van der Waals surface area contributed by atoms with Crippen molar-refractivity contribution in [2.45, 2.75) is 31.8 Å². The van der Waals surface area contributed by atoms with Crippen LogP contribution in [0.2, 0.25) is 0 Å². The van der Waals surface area contributed by atoms with Crippen LogP contribution in [0.4, 0.5) is 8.78 Å². The van der Waals surface area contributed by atoms with Crippen molar-refractivity contribution >= 4 is 5.91 Å². The Kier molecular flexibility index (Phi) is 6.27. The molecule has 122 valence electrons. The molecule has 0 aromatic heterocycles. The Morgan fingerprint density at radius 1 is 1.32 bits per heavy atom. The quantitative estimate of drug-likeness (QED) is 0.816. The van der Waals surface area contributed by atoms with Gasteiger partial charge in [-0.1, -0.05) is 6.07 Å².